The van der Waals surface area contributed by atoms with Crippen molar-refractivity contribution in [3.05, 3.63) is 29.6 Å². The molecule has 1 aromatic rings. The van der Waals surface area contributed by atoms with Gasteiger partial charge in [0.1, 0.15) is 5.82 Å². The van der Waals surface area contributed by atoms with E-state index in [4.69, 9.17) is 10.00 Å². The standard InChI is InChI=1S/C20H27FN4O2/c1-14-12-25(13-15(2)27-14)19-4-3-17(9-18(19)21)11-23-20(26)24-7-5-16(10-22)6-8-24/h3-4,9,14-16H,5-8,11-13H2,1-2H3,(H,23,26)/t14-,15-/m0/s1. The van der Waals surface area contributed by atoms with Crippen molar-refractivity contribution in [3.63, 3.8) is 0 Å². The molecule has 0 aromatic heterocycles. The predicted octanol–water partition coefficient (Wildman–Crippen LogP) is 2.88. The summed E-state index contributed by atoms with van der Waals surface area (Å²) in [6.07, 6.45) is 1.56. The number of likely N-dealkylation sites (tertiary alicyclic amines) is 1. The van der Waals surface area contributed by atoms with Gasteiger partial charge in [-0.3, -0.25) is 0 Å². The molecule has 0 bridgehead atoms. The largest absolute Gasteiger partial charge is 0.372 e. The van der Waals surface area contributed by atoms with Crippen molar-refractivity contribution in [2.24, 2.45) is 5.92 Å². The number of amides is 2. The second-order valence-corrected chi connectivity index (χ2v) is 7.50. The lowest BCUT2D eigenvalue weighted by molar-refractivity contribution is -0.00539. The maximum Gasteiger partial charge on any atom is 0.317 e. The topological polar surface area (TPSA) is 68.6 Å². The number of anilines is 1. The molecule has 0 saturated carbocycles. The van der Waals surface area contributed by atoms with Gasteiger partial charge >= 0.3 is 6.03 Å². The zero-order valence-corrected chi connectivity index (χ0v) is 15.9. The lowest BCUT2D eigenvalue weighted by atomic mass is 9.99. The normalized spacial score (nSPS) is 23.8. The van der Waals surface area contributed by atoms with E-state index in [1.807, 2.05) is 24.8 Å². The Hall–Kier alpha value is -2.33. The third-order valence-electron chi connectivity index (χ3n) is 5.18. The van der Waals surface area contributed by atoms with E-state index >= 15 is 0 Å². The molecule has 2 amide bonds. The lowest BCUT2D eigenvalue weighted by Crippen LogP contribution is -2.45. The Kier molecular flexibility index (Phi) is 6.17. The highest BCUT2D eigenvalue weighted by Crippen LogP contribution is 2.24. The number of carbonyl (C=O) groups is 1. The number of morpholine rings is 1. The summed E-state index contributed by atoms with van der Waals surface area (Å²) in [6, 6.07) is 7.21. The number of rotatable bonds is 3. The Morgan fingerprint density at radius 3 is 2.56 bits per heavy atom. The van der Waals surface area contributed by atoms with Gasteiger partial charge < -0.3 is 19.9 Å². The van der Waals surface area contributed by atoms with Gasteiger partial charge in [-0.25, -0.2) is 9.18 Å². The summed E-state index contributed by atoms with van der Waals surface area (Å²) in [6.45, 7) is 6.76. The van der Waals surface area contributed by atoms with E-state index in [1.165, 1.54) is 6.07 Å². The number of halogens is 1. The number of nitriles is 1. The van der Waals surface area contributed by atoms with Crippen LogP contribution in [0.1, 0.15) is 32.3 Å². The van der Waals surface area contributed by atoms with Crippen LogP contribution in [-0.4, -0.2) is 49.3 Å². The van der Waals surface area contributed by atoms with Crippen molar-refractivity contribution in [3.8, 4) is 6.07 Å². The number of piperidine rings is 1. The second-order valence-electron chi connectivity index (χ2n) is 7.50. The molecule has 2 aliphatic rings. The number of hydrogen-bond donors (Lipinski definition) is 1. The van der Waals surface area contributed by atoms with E-state index < -0.39 is 0 Å². The van der Waals surface area contributed by atoms with Crippen LogP contribution in [0.3, 0.4) is 0 Å². The molecule has 1 aromatic carbocycles. The highest BCUT2D eigenvalue weighted by atomic mass is 19.1. The van der Waals surface area contributed by atoms with E-state index in [2.05, 4.69) is 11.4 Å². The summed E-state index contributed by atoms with van der Waals surface area (Å²) in [5, 5.41) is 11.8. The number of carbonyl (C=O) groups excluding carboxylic acids is 1. The molecule has 0 radical (unpaired) electrons. The molecule has 7 heteroatoms. The molecule has 3 rings (SSSR count). The number of ether oxygens (including phenoxy) is 1. The van der Waals surface area contributed by atoms with Gasteiger partial charge in [0.25, 0.3) is 0 Å². The van der Waals surface area contributed by atoms with Crippen LogP contribution in [0.4, 0.5) is 14.9 Å². The van der Waals surface area contributed by atoms with Crippen LogP contribution in [0, 0.1) is 23.1 Å². The number of hydrogen-bond acceptors (Lipinski definition) is 4. The van der Waals surface area contributed by atoms with Crippen LogP contribution >= 0.6 is 0 Å². The van der Waals surface area contributed by atoms with Crippen LogP contribution in [0.15, 0.2) is 18.2 Å². The zero-order valence-electron chi connectivity index (χ0n) is 15.9. The number of benzene rings is 1. The van der Waals surface area contributed by atoms with Crippen molar-refractivity contribution in [1.82, 2.24) is 10.2 Å². The minimum Gasteiger partial charge on any atom is -0.372 e. The van der Waals surface area contributed by atoms with Gasteiger partial charge in [0.05, 0.1) is 24.0 Å². The molecular formula is C20H27FN4O2. The Balaban J connectivity index is 1.55. The maximum atomic E-state index is 14.6. The maximum absolute atomic E-state index is 14.6. The van der Waals surface area contributed by atoms with E-state index in [-0.39, 0.29) is 36.5 Å². The van der Waals surface area contributed by atoms with Crippen molar-refractivity contribution < 1.29 is 13.9 Å². The minimum atomic E-state index is -0.280. The summed E-state index contributed by atoms with van der Waals surface area (Å²) in [5.41, 5.74) is 1.30. The summed E-state index contributed by atoms with van der Waals surface area (Å²) in [7, 11) is 0. The highest BCUT2D eigenvalue weighted by molar-refractivity contribution is 5.74. The first-order chi connectivity index (χ1) is 13.0. The van der Waals surface area contributed by atoms with Crippen LogP contribution in [0.2, 0.25) is 0 Å². The molecular weight excluding hydrogens is 347 g/mol. The molecule has 0 aliphatic carbocycles. The van der Waals surface area contributed by atoms with Crippen LogP contribution in [0.5, 0.6) is 0 Å². The fourth-order valence-electron chi connectivity index (χ4n) is 3.79. The average Bonchev–Trinajstić information content (AvgIpc) is 2.65. The summed E-state index contributed by atoms with van der Waals surface area (Å²) >= 11 is 0. The fourth-order valence-corrected chi connectivity index (χ4v) is 3.79. The first-order valence-electron chi connectivity index (χ1n) is 9.57. The molecule has 1 N–H and O–H groups in total. The lowest BCUT2D eigenvalue weighted by Gasteiger charge is -2.37. The number of urea groups is 1. The smallest absolute Gasteiger partial charge is 0.317 e. The average molecular weight is 374 g/mol. The number of nitrogens with one attached hydrogen (secondary N) is 1. The highest BCUT2D eigenvalue weighted by Gasteiger charge is 2.25. The molecule has 0 spiro atoms. The summed E-state index contributed by atoms with van der Waals surface area (Å²) in [4.78, 5) is 16.0. The SMILES string of the molecule is C[C@H]1CN(c2ccc(CNC(=O)N3CCC(C#N)CC3)cc2F)C[C@H](C)O1. The van der Waals surface area contributed by atoms with Gasteiger partial charge in [-0.2, -0.15) is 5.26 Å². The van der Waals surface area contributed by atoms with E-state index in [0.717, 1.165) is 5.56 Å². The first kappa shape index (κ1) is 19.4. The number of nitrogens with zero attached hydrogens (tertiary/aromatic N) is 3. The second kappa shape index (κ2) is 8.57. The summed E-state index contributed by atoms with van der Waals surface area (Å²) < 4.78 is 20.3. The third-order valence-corrected chi connectivity index (χ3v) is 5.18. The van der Waals surface area contributed by atoms with Gasteiger partial charge in [0, 0.05) is 38.6 Å². The first-order valence-corrected chi connectivity index (χ1v) is 9.57. The van der Waals surface area contributed by atoms with E-state index in [9.17, 15) is 9.18 Å². The molecule has 2 heterocycles. The Labute approximate surface area is 159 Å². The molecule has 27 heavy (non-hydrogen) atoms. The molecule has 2 atom stereocenters. The van der Waals surface area contributed by atoms with Gasteiger partial charge in [0.2, 0.25) is 0 Å². The molecule has 0 unspecified atom stereocenters. The quantitative estimate of drug-likeness (QED) is 0.883. The van der Waals surface area contributed by atoms with E-state index in [0.29, 0.717) is 44.7 Å². The van der Waals surface area contributed by atoms with Gasteiger partial charge in [-0.1, -0.05) is 6.07 Å². The zero-order chi connectivity index (χ0) is 19.4. The molecule has 146 valence electrons. The van der Waals surface area contributed by atoms with Gasteiger partial charge in [-0.15, -0.1) is 0 Å². The molecule has 2 saturated heterocycles. The Bertz CT molecular complexity index is 702. The monoisotopic (exact) mass is 374 g/mol. The van der Waals surface area contributed by atoms with Crippen LogP contribution < -0.4 is 10.2 Å². The summed E-state index contributed by atoms with van der Waals surface area (Å²) in [5.74, 6) is -0.237. The Morgan fingerprint density at radius 2 is 1.96 bits per heavy atom. The third kappa shape index (κ3) is 4.89. The van der Waals surface area contributed by atoms with Crippen LogP contribution in [-0.2, 0) is 11.3 Å². The van der Waals surface area contributed by atoms with Crippen molar-refractivity contribution >= 4 is 11.7 Å². The van der Waals surface area contributed by atoms with Gasteiger partial charge in [0.15, 0.2) is 0 Å². The Morgan fingerprint density at radius 1 is 1.30 bits per heavy atom. The van der Waals surface area contributed by atoms with Crippen molar-refractivity contribution in [2.75, 3.05) is 31.1 Å². The van der Waals surface area contributed by atoms with Crippen molar-refractivity contribution in [1.29, 1.82) is 5.26 Å². The van der Waals surface area contributed by atoms with Crippen molar-refractivity contribution in [2.45, 2.75) is 45.4 Å². The van der Waals surface area contributed by atoms with Gasteiger partial charge in [-0.05, 0) is 44.4 Å². The molecule has 2 fully saturated rings. The van der Waals surface area contributed by atoms with E-state index in [1.54, 1.807) is 11.0 Å². The molecule has 6 nitrogen and oxygen atoms in total. The van der Waals surface area contributed by atoms with Crippen LogP contribution in [0.25, 0.3) is 0 Å². The predicted molar refractivity (Wildman–Crippen MR) is 101 cm³/mol. The molecule has 2 aliphatic heterocycles. The fraction of sp³-hybridized carbons (Fsp3) is 0.600. The minimum absolute atomic E-state index is 0.0429.